The van der Waals surface area contributed by atoms with Crippen molar-refractivity contribution in [2.45, 2.75) is 37.8 Å². The molecule has 1 aromatic carbocycles. The smallest absolute Gasteiger partial charge is 0.139 e. The predicted molar refractivity (Wildman–Crippen MR) is 76.2 cm³/mol. The average molecular weight is 257 g/mol. The molecule has 19 heavy (non-hydrogen) atoms. The van der Waals surface area contributed by atoms with Gasteiger partial charge in [0.15, 0.2) is 0 Å². The fraction of sp³-hybridized carbons (Fsp3) is 0.467. The standard InChI is InChI=1S/C15H19N3O/c1-18(13-8-4-5-9-14(13)19)15-11-6-2-3-7-12(11)16-10-17-15/h2-3,6-7,10,13-14,19H,4-5,8-9H2,1H3. The lowest BCUT2D eigenvalue weighted by Gasteiger charge is -2.36. The van der Waals surface area contributed by atoms with Gasteiger partial charge in [-0.25, -0.2) is 9.97 Å². The first-order valence-electron chi connectivity index (χ1n) is 6.88. The van der Waals surface area contributed by atoms with E-state index in [0.717, 1.165) is 36.0 Å². The van der Waals surface area contributed by atoms with E-state index in [1.54, 1.807) is 6.33 Å². The molecule has 0 amide bonds. The zero-order valence-electron chi connectivity index (χ0n) is 11.2. The Morgan fingerprint density at radius 1 is 1.16 bits per heavy atom. The van der Waals surface area contributed by atoms with Gasteiger partial charge in [0.2, 0.25) is 0 Å². The first kappa shape index (κ1) is 12.4. The molecule has 0 spiro atoms. The molecule has 1 saturated carbocycles. The number of fused-ring (bicyclic) bond motifs is 1. The summed E-state index contributed by atoms with van der Waals surface area (Å²) in [6.07, 6.45) is 5.55. The Morgan fingerprint density at radius 2 is 1.95 bits per heavy atom. The van der Waals surface area contributed by atoms with Crippen LogP contribution >= 0.6 is 0 Å². The molecular weight excluding hydrogens is 238 g/mol. The van der Waals surface area contributed by atoms with Crippen molar-refractivity contribution in [3.8, 4) is 0 Å². The number of aliphatic hydroxyl groups excluding tert-OH is 1. The number of anilines is 1. The summed E-state index contributed by atoms with van der Waals surface area (Å²) in [5.41, 5.74) is 0.949. The number of nitrogens with zero attached hydrogens (tertiary/aromatic N) is 3. The Kier molecular flexibility index (Phi) is 3.34. The molecule has 2 atom stereocenters. The number of benzene rings is 1. The van der Waals surface area contributed by atoms with Crippen molar-refractivity contribution in [3.05, 3.63) is 30.6 Å². The molecule has 0 bridgehead atoms. The van der Waals surface area contributed by atoms with Gasteiger partial charge in [0.05, 0.1) is 17.7 Å². The minimum Gasteiger partial charge on any atom is -0.391 e. The Morgan fingerprint density at radius 3 is 2.79 bits per heavy atom. The van der Waals surface area contributed by atoms with Crippen LogP contribution in [0.2, 0.25) is 0 Å². The number of aliphatic hydroxyl groups is 1. The van der Waals surface area contributed by atoms with Gasteiger partial charge in [0.25, 0.3) is 0 Å². The van der Waals surface area contributed by atoms with Crippen molar-refractivity contribution in [1.82, 2.24) is 9.97 Å². The van der Waals surface area contributed by atoms with Crippen molar-refractivity contribution in [1.29, 1.82) is 0 Å². The zero-order valence-corrected chi connectivity index (χ0v) is 11.2. The molecule has 2 unspecified atom stereocenters. The van der Waals surface area contributed by atoms with E-state index in [-0.39, 0.29) is 12.1 Å². The molecule has 1 fully saturated rings. The van der Waals surface area contributed by atoms with Crippen LogP contribution in [0.3, 0.4) is 0 Å². The first-order chi connectivity index (χ1) is 9.27. The number of hydrogen-bond acceptors (Lipinski definition) is 4. The summed E-state index contributed by atoms with van der Waals surface area (Å²) in [5, 5.41) is 11.2. The van der Waals surface area contributed by atoms with Crippen molar-refractivity contribution >= 4 is 16.7 Å². The second kappa shape index (κ2) is 5.13. The van der Waals surface area contributed by atoms with Gasteiger partial charge < -0.3 is 10.0 Å². The van der Waals surface area contributed by atoms with Crippen molar-refractivity contribution in [2.75, 3.05) is 11.9 Å². The highest BCUT2D eigenvalue weighted by Crippen LogP contribution is 2.29. The van der Waals surface area contributed by atoms with Crippen molar-refractivity contribution < 1.29 is 5.11 Å². The monoisotopic (exact) mass is 257 g/mol. The highest BCUT2D eigenvalue weighted by molar-refractivity contribution is 5.89. The highest BCUT2D eigenvalue weighted by Gasteiger charge is 2.28. The SMILES string of the molecule is CN(c1ncnc2ccccc12)C1CCCCC1O. The summed E-state index contributed by atoms with van der Waals surface area (Å²) < 4.78 is 0. The largest absolute Gasteiger partial charge is 0.391 e. The van der Waals surface area contributed by atoms with Gasteiger partial charge in [-0.15, -0.1) is 0 Å². The van der Waals surface area contributed by atoms with Gasteiger partial charge in [-0.3, -0.25) is 0 Å². The second-order valence-corrected chi connectivity index (χ2v) is 5.24. The lowest BCUT2D eigenvalue weighted by Crippen LogP contribution is -2.43. The van der Waals surface area contributed by atoms with E-state index in [1.165, 1.54) is 6.42 Å². The Bertz CT molecular complexity index is 567. The minimum absolute atomic E-state index is 0.159. The van der Waals surface area contributed by atoms with Gasteiger partial charge in [0.1, 0.15) is 12.1 Å². The normalized spacial score (nSPS) is 23.5. The third-order valence-electron chi connectivity index (χ3n) is 4.05. The fourth-order valence-electron chi connectivity index (χ4n) is 2.97. The molecule has 2 aromatic rings. The quantitative estimate of drug-likeness (QED) is 0.897. The lowest BCUT2D eigenvalue weighted by atomic mass is 9.91. The van der Waals surface area contributed by atoms with E-state index in [9.17, 15) is 5.11 Å². The molecule has 1 N–H and O–H groups in total. The Balaban J connectivity index is 1.99. The van der Waals surface area contributed by atoms with Gasteiger partial charge >= 0.3 is 0 Å². The molecule has 1 heterocycles. The number of likely N-dealkylation sites (N-methyl/N-ethyl adjacent to an activating group) is 1. The molecule has 1 aliphatic carbocycles. The number of hydrogen-bond donors (Lipinski definition) is 1. The summed E-state index contributed by atoms with van der Waals surface area (Å²) >= 11 is 0. The molecule has 4 heteroatoms. The topological polar surface area (TPSA) is 49.2 Å². The highest BCUT2D eigenvalue weighted by atomic mass is 16.3. The van der Waals surface area contributed by atoms with Crippen LogP contribution in [0.25, 0.3) is 10.9 Å². The molecule has 100 valence electrons. The first-order valence-corrected chi connectivity index (χ1v) is 6.88. The second-order valence-electron chi connectivity index (χ2n) is 5.24. The molecular formula is C15H19N3O. The summed E-state index contributed by atoms with van der Waals surface area (Å²) in [6, 6.07) is 8.17. The summed E-state index contributed by atoms with van der Waals surface area (Å²) in [5.74, 6) is 0.913. The number of rotatable bonds is 2. The van der Waals surface area contributed by atoms with E-state index in [1.807, 2.05) is 31.3 Å². The lowest BCUT2D eigenvalue weighted by molar-refractivity contribution is 0.106. The van der Waals surface area contributed by atoms with E-state index in [0.29, 0.717) is 0 Å². The Labute approximate surface area is 113 Å². The predicted octanol–water partition coefficient (Wildman–Crippen LogP) is 2.37. The molecule has 0 radical (unpaired) electrons. The van der Waals surface area contributed by atoms with Gasteiger partial charge in [-0.2, -0.15) is 0 Å². The molecule has 4 nitrogen and oxygen atoms in total. The van der Waals surface area contributed by atoms with Gasteiger partial charge in [-0.1, -0.05) is 25.0 Å². The van der Waals surface area contributed by atoms with Crippen molar-refractivity contribution in [2.24, 2.45) is 0 Å². The maximum atomic E-state index is 10.2. The van der Waals surface area contributed by atoms with Crippen LogP contribution in [-0.2, 0) is 0 Å². The van der Waals surface area contributed by atoms with Crippen LogP contribution in [0.5, 0.6) is 0 Å². The third kappa shape index (κ3) is 2.28. The van der Waals surface area contributed by atoms with E-state index in [2.05, 4.69) is 14.9 Å². The number of para-hydroxylation sites is 1. The van der Waals surface area contributed by atoms with Crippen LogP contribution in [0.4, 0.5) is 5.82 Å². The van der Waals surface area contributed by atoms with Gasteiger partial charge in [-0.05, 0) is 25.0 Å². The Hall–Kier alpha value is -1.68. The van der Waals surface area contributed by atoms with Crippen molar-refractivity contribution in [3.63, 3.8) is 0 Å². The van der Waals surface area contributed by atoms with E-state index < -0.39 is 0 Å². The third-order valence-corrected chi connectivity index (χ3v) is 4.05. The molecule has 1 aliphatic rings. The van der Waals surface area contributed by atoms with E-state index in [4.69, 9.17) is 0 Å². The van der Waals surface area contributed by atoms with Gasteiger partial charge in [0, 0.05) is 12.4 Å². The van der Waals surface area contributed by atoms with E-state index >= 15 is 0 Å². The summed E-state index contributed by atoms with van der Waals surface area (Å²) in [4.78, 5) is 10.8. The molecule has 0 saturated heterocycles. The molecule has 1 aromatic heterocycles. The zero-order chi connectivity index (χ0) is 13.2. The van der Waals surface area contributed by atoms with Crippen LogP contribution in [0.1, 0.15) is 25.7 Å². The average Bonchev–Trinajstić information content (AvgIpc) is 2.46. The maximum absolute atomic E-state index is 10.2. The molecule has 3 rings (SSSR count). The fourth-order valence-corrected chi connectivity index (χ4v) is 2.97. The van der Waals surface area contributed by atoms with Crippen LogP contribution in [0.15, 0.2) is 30.6 Å². The number of aromatic nitrogens is 2. The van der Waals surface area contributed by atoms with Crippen LogP contribution in [-0.4, -0.2) is 34.3 Å². The summed E-state index contributed by atoms with van der Waals surface area (Å²) in [6.45, 7) is 0. The molecule has 0 aliphatic heterocycles. The minimum atomic E-state index is -0.257. The maximum Gasteiger partial charge on any atom is 0.139 e. The summed E-state index contributed by atoms with van der Waals surface area (Å²) in [7, 11) is 2.02. The van der Waals surface area contributed by atoms with Crippen LogP contribution < -0.4 is 4.90 Å². The van der Waals surface area contributed by atoms with Crippen LogP contribution in [0, 0.1) is 0 Å².